The molecule has 0 saturated carbocycles. The fourth-order valence-corrected chi connectivity index (χ4v) is 4.49. The Balaban J connectivity index is 1.75. The summed E-state index contributed by atoms with van der Waals surface area (Å²) < 4.78 is 5.95. The monoisotopic (exact) mass is 456 g/mol. The second-order valence-electron chi connectivity index (χ2n) is 6.77. The predicted octanol–water partition coefficient (Wildman–Crippen LogP) is 4.79. The van der Waals surface area contributed by atoms with E-state index in [1.807, 2.05) is 30.3 Å². The molecule has 6 nitrogen and oxygen atoms in total. The van der Waals surface area contributed by atoms with Crippen LogP contribution in [0.15, 0.2) is 53.4 Å². The highest BCUT2D eigenvalue weighted by Crippen LogP contribution is 2.36. The molecule has 0 atom stereocenters. The topological polar surface area (TPSA) is 70.1 Å². The van der Waals surface area contributed by atoms with Gasteiger partial charge in [-0.25, -0.2) is 0 Å². The summed E-state index contributed by atoms with van der Waals surface area (Å²) in [4.78, 5) is 28.0. The molecule has 2 aromatic rings. The van der Waals surface area contributed by atoms with Crippen molar-refractivity contribution < 1.29 is 19.4 Å². The maximum absolute atomic E-state index is 13.0. The van der Waals surface area contributed by atoms with E-state index in [-0.39, 0.29) is 18.9 Å². The number of carboxylic acid groups (broad SMARTS) is 1. The summed E-state index contributed by atoms with van der Waals surface area (Å²) in [5.41, 5.74) is 2.63. The summed E-state index contributed by atoms with van der Waals surface area (Å²) in [5.74, 6) is -0.523. The molecule has 3 rings (SSSR count). The summed E-state index contributed by atoms with van der Waals surface area (Å²) in [7, 11) is 0. The van der Waals surface area contributed by atoms with Crippen molar-refractivity contribution in [2.45, 2.75) is 20.3 Å². The van der Waals surface area contributed by atoms with Gasteiger partial charge in [-0.05, 0) is 61.9 Å². The number of anilines is 2. The standard InChI is InChI=1S/C23H24N2O4S2/c1-3-24(4-2)17-8-10-18(11-9-17)25-22(28)20(31-23(25)30)15-16-6-5-7-19(14-16)29-13-12-21(26)27/h5-11,14-15H,3-4,12-13H2,1-2H3,(H,26,27)/b20-15+. The van der Waals surface area contributed by atoms with Gasteiger partial charge in [0.15, 0.2) is 4.32 Å². The molecule has 1 saturated heterocycles. The lowest BCUT2D eigenvalue weighted by molar-refractivity contribution is -0.137. The molecule has 0 unspecified atom stereocenters. The van der Waals surface area contributed by atoms with E-state index in [0.29, 0.717) is 15.0 Å². The van der Waals surface area contributed by atoms with Crippen LogP contribution in [0.2, 0.25) is 0 Å². The molecular weight excluding hydrogens is 432 g/mol. The molecule has 0 aliphatic carbocycles. The van der Waals surface area contributed by atoms with Crippen LogP contribution in [0.1, 0.15) is 25.8 Å². The fraction of sp³-hybridized carbons (Fsp3) is 0.261. The first-order valence-corrected chi connectivity index (χ1v) is 11.2. The molecule has 0 spiro atoms. The number of aliphatic carboxylic acids is 1. The Labute approximate surface area is 191 Å². The van der Waals surface area contributed by atoms with Crippen molar-refractivity contribution in [1.29, 1.82) is 0 Å². The highest BCUT2D eigenvalue weighted by molar-refractivity contribution is 8.27. The van der Waals surface area contributed by atoms with Gasteiger partial charge in [0.25, 0.3) is 5.91 Å². The van der Waals surface area contributed by atoms with Gasteiger partial charge in [-0.2, -0.15) is 0 Å². The van der Waals surface area contributed by atoms with Gasteiger partial charge in [-0.3, -0.25) is 14.5 Å². The Bertz CT molecular complexity index is 1000. The molecule has 0 aromatic heterocycles. The van der Waals surface area contributed by atoms with Gasteiger partial charge in [0.1, 0.15) is 5.75 Å². The lowest BCUT2D eigenvalue weighted by atomic mass is 10.2. The summed E-state index contributed by atoms with van der Waals surface area (Å²) in [6.07, 6.45) is 1.70. The lowest BCUT2D eigenvalue weighted by Crippen LogP contribution is -2.27. The van der Waals surface area contributed by atoms with Gasteiger partial charge < -0.3 is 14.7 Å². The SMILES string of the molecule is CCN(CC)c1ccc(N2C(=O)/C(=C\c3cccc(OCCC(=O)O)c3)SC2=S)cc1. The first-order valence-electron chi connectivity index (χ1n) is 10.0. The number of hydrogen-bond donors (Lipinski definition) is 1. The average Bonchev–Trinajstić information content (AvgIpc) is 3.02. The van der Waals surface area contributed by atoms with E-state index >= 15 is 0 Å². The highest BCUT2D eigenvalue weighted by Gasteiger charge is 2.33. The minimum absolute atomic E-state index is 0.0735. The minimum atomic E-state index is -0.912. The van der Waals surface area contributed by atoms with E-state index in [1.54, 1.807) is 29.2 Å². The van der Waals surface area contributed by atoms with E-state index in [2.05, 4.69) is 18.7 Å². The molecule has 162 valence electrons. The van der Waals surface area contributed by atoms with E-state index < -0.39 is 5.97 Å². The van der Waals surface area contributed by atoms with Crippen molar-refractivity contribution in [2.75, 3.05) is 29.5 Å². The van der Waals surface area contributed by atoms with Gasteiger partial charge in [-0.1, -0.05) is 36.1 Å². The van der Waals surface area contributed by atoms with Crippen LogP contribution in [0.25, 0.3) is 6.08 Å². The van der Waals surface area contributed by atoms with Crippen molar-refractivity contribution in [3.8, 4) is 5.75 Å². The first-order chi connectivity index (χ1) is 14.9. The van der Waals surface area contributed by atoms with Crippen LogP contribution in [0.3, 0.4) is 0 Å². The van der Waals surface area contributed by atoms with Crippen molar-refractivity contribution in [3.05, 3.63) is 59.0 Å². The van der Waals surface area contributed by atoms with Crippen molar-refractivity contribution in [3.63, 3.8) is 0 Å². The second-order valence-corrected chi connectivity index (χ2v) is 8.45. The molecule has 1 aliphatic rings. The van der Waals surface area contributed by atoms with Crippen LogP contribution in [-0.2, 0) is 9.59 Å². The normalized spacial score (nSPS) is 14.9. The molecule has 1 amide bonds. The van der Waals surface area contributed by atoms with Crippen LogP contribution in [0.5, 0.6) is 5.75 Å². The van der Waals surface area contributed by atoms with Gasteiger partial charge >= 0.3 is 5.97 Å². The van der Waals surface area contributed by atoms with E-state index in [4.69, 9.17) is 22.1 Å². The molecule has 8 heteroatoms. The predicted molar refractivity (Wildman–Crippen MR) is 130 cm³/mol. The zero-order valence-corrected chi connectivity index (χ0v) is 19.0. The van der Waals surface area contributed by atoms with Crippen molar-refractivity contribution >= 4 is 57.6 Å². The van der Waals surface area contributed by atoms with Crippen LogP contribution in [-0.4, -0.2) is 41.0 Å². The Hall–Kier alpha value is -2.84. The van der Waals surface area contributed by atoms with Gasteiger partial charge in [0.05, 0.1) is 23.6 Å². The first kappa shape index (κ1) is 22.8. The van der Waals surface area contributed by atoms with E-state index in [0.717, 1.165) is 30.0 Å². The minimum Gasteiger partial charge on any atom is -0.493 e. The third-order valence-corrected chi connectivity index (χ3v) is 6.07. The summed E-state index contributed by atoms with van der Waals surface area (Å²) in [6, 6.07) is 15.0. The van der Waals surface area contributed by atoms with Gasteiger partial charge in [0.2, 0.25) is 0 Å². The number of rotatable bonds is 9. The summed E-state index contributed by atoms with van der Waals surface area (Å²) in [6.45, 7) is 6.13. The molecule has 1 aliphatic heterocycles. The third-order valence-electron chi connectivity index (χ3n) is 4.77. The maximum atomic E-state index is 13.0. The zero-order valence-electron chi connectivity index (χ0n) is 17.4. The Morgan fingerprint density at radius 2 is 1.90 bits per heavy atom. The number of carbonyl (C=O) groups excluding carboxylic acids is 1. The van der Waals surface area contributed by atoms with Crippen LogP contribution >= 0.6 is 24.0 Å². The number of nitrogens with zero attached hydrogens (tertiary/aromatic N) is 2. The molecule has 2 aromatic carbocycles. The second kappa shape index (κ2) is 10.5. The number of thiocarbonyl (C=S) groups is 1. The number of thioether (sulfide) groups is 1. The number of carboxylic acids is 1. The molecule has 1 N–H and O–H groups in total. The smallest absolute Gasteiger partial charge is 0.306 e. The zero-order chi connectivity index (χ0) is 22.4. The number of ether oxygens (including phenoxy) is 1. The number of amides is 1. The maximum Gasteiger partial charge on any atom is 0.306 e. The molecule has 0 bridgehead atoms. The fourth-order valence-electron chi connectivity index (χ4n) is 3.19. The van der Waals surface area contributed by atoms with Crippen molar-refractivity contribution in [1.82, 2.24) is 0 Å². The molecule has 0 radical (unpaired) electrons. The molecular formula is C23H24N2O4S2. The summed E-state index contributed by atoms with van der Waals surface area (Å²) in [5, 5.41) is 8.73. The van der Waals surface area contributed by atoms with Gasteiger partial charge in [-0.15, -0.1) is 0 Å². The lowest BCUT2D eigenvalue weighted by Gasteiger charge is -2.22. The molecule has 31 heavy (non-hydrogen) atoms. The Kier molecular flexibility index (Phi) is 7.70. The highest BCUT2D eigenvalue weighted by atomic mass is 32.2. The Morgan fingerprint density at radius 1 is 1.19 bits per heavy atom. The average molecular weight is 457 g/mol. The third kappa shape index (κ3) is 5.65. The molecule has 1 heterocycles. The summed E-state index contributed by atoms with van der Waals surface area (Å²) >= 11 is 6.73. The van der Waals surface area contributed by atoms with Crippen molar-refractivity contribution in [2.24, 2.45) is 0 Å². The number of carbonyl (C=O) groups is 2. The largest absolute Gasteiger partial charge is 0.493 e. The molecule has 1 fully saturated rings. The number of hydrogen-bond acceptors (Lipinski definition) is 6. The number of benzene rings is 2. The van der Waals surface area contributed by atoms with Crippen LogP contribution < -0.4 is 14.5 Å². The van der Waals surface area contributed by atoms with Gasteiger partial charge in [0, 0.05) is 18.8 Å². The quantitative estimate of drug-likeness (QED) is 0.430. The van der Waals surface area contributed by atoms with E-state index in [9.17, 15) is 9.59 Å². The van der Waals surface area contributed by atoms with Crippen LogP contribution in [0.4, 0.5) is 11.4 Å². The van der Waals surface area contributed by atoms with Crippen LogP contribution in [0, 0.1) is 0 Å². The van der Waals surface area contributed by atoms with E-state index in [1.165, 1.54) is 11.8 Å². The Morgan fingerprint density at radius 3 is 2.55 bits per heavy atom.